The highest BCUT2D eigenvalue weighted by Crippen LogP contribution is 2.43. The molecular weight excluding hydrogens is 342 g/mol. The van der Waals surface area contributed by atoms with Gasteiger partial charge in [0.1, 0.15) is 6.07 Å². The number of aromatic nitrogens is 3. The first-order valence-electron chi connectivity index (χ1n) is 8.64. The topological polar surface area (TPSA) is 89.3 Å². The van der Waals surface area contributed by atoms with Crippen molar-refractivity contribution in [2.24, 2.45) is 0 Å². The number of hydrogen-bond donors (Lipinski definition) is 0. The monoisotopic (exact) mass is 361 g/mol. The summed E-state index contributed by atoms with van der Waals surface area (Å²) in [6, 6.07) is 2.14. The maximum atomic E-state index is 12.7. The van der Waals surface area contributed by atoms with Crippen LogP contribution in [0.5, 0.6) is 0 Å². The van der Waals surface area contributed by atoms with E-state index in [1.54, 1.807) is 0 Å². The number of anilines is 1. The average Bonchev–Trinajstić information content (AvgIpc) is 2.87. The highest BCUT2D eigenvalue weighted by Gasteiger charge is 2.53. The Morgan fingerprint density at radius 1 is 1.32 bits per heavy atom. The quantitative estimate of drug-likeness (QED) is 0.795. The van der Waals surface area contributed by atoms with Gasteiger partial charge in [0.25, 0.3) is 0 Å². The number of halogens is 1. The molecule has 1 aromatic heterocycles. The SMILES string of the molecule is CN1C(=O)N(C2CCCN(c3nnc(C#N)c(Cl)n3)C2)CC12CCC2. The van der Waals surface area contributed by atoms with Crippen molar-refractivity contribution in [3.8, 4) is 6.07 Å². The molecule has 2 aliphatic heterocycles. The summed E-state index contributed by atoms with van der Waals surface area (Å²) in [7, 11) is 1.93. The number of urea groups is 1. The number of hydrogen-bond acceptors (Lipinski definition) is 6. The van der Waals surface area contributed by atoms with Gasteiger partial charge in [0, 0.05) is 26.7 Å². The van der Waals surface area contributed by atoms with Gasteiger partial charge in [-0.25, -0.2) is 4.79 Å². The van der Waals surface area contributed by atoms with Crippen molar-refractivity contribution in [1.29, 1.82) is 5.26 Å². The minimum Gasteiger partial charge on any atom is -0.337 e. The van der Waals surface area contributed by atoms with Gasteiger partial charge in [0.15, 0.2) is 10.8 Å². The van der Waals surface area contributed by atoms with Crippen LogP contribution in [0.3, 0.4) is 0 Å². The summed E-state index contributed by atoms with van der Waals surface area (Å²) in [5, 5.41) is 16.8. The molecule has 1 aliphatic carbocycles. The van der Waals surface area contributed by atoms with E-state index >= 15 is 0 Å². The zero-order chi connectivity index (χ0) is 17.6. The van der Waals surface area contributed by atoms with Crippen molar-refractivity contribution in [2.75, 3.05) is 31.6 Å². The molecule has 3 heterocycles. The second-order valence-electron chi connectivity index (χ2n) is 7.15. The van der Waals surface area contributed by atoms with E-state index in [9.17, 15) is 4.79 Å². The highest BCUT2D eigenvalue weighted by molar-refractivity contribution is 6.30. The second-order valence-corrected chi connectivity index (χ2v) is 7.51. The standard InChI is InChI=1S/C16H20ClN7O/c1-22-15(25)24(10-16(22)5-3-6-16)11-4-2-7-23(9-11)14-19-13(17)12(8-18)20-21-14/h11H,2-7,9-10H2,1H3. The molecule has 2 saturated heterocycles. The Hall–Kier alpha value is -2.14. The van der Waals surface area contributed by atoms with E-state index in [-0.39, 0.29) is 28.5 Å². The zero-order valence-corrected chi connectivity index (χ0v) is 14.9. The highest BCUT2D eigenvalue weighted by atomic mass is 35.5. The Balaban J connectivity index is 1.51. The Kier molecular flexibility index (Phi) is 3.91. The molecule has 4 rings (SSSR count). The van der Waals surface area contributed by atoms with Crippen molar-refractivity contribution in [2.45, 2.75) is 43.7 Å². The van der Waals surface area contributed by atoms with Crippen LogP contribution in [0.2, 0.25) is 5.15 Å². The van der Waals surface area contributed by atoms with E-state index in [2.05, 4.69) is 15.2 Å². The summed E-state index contributed by atoms with van der Waals surface area (Å²) in [6.07, 6.45) is 5.32. The molecule has 8 nitrogen and oxygen atoms in total. The summed E-state index contributed by atoms with van der Waals surface area (Å²) in [4.78, 5) is 22.9. The molecule has 0 N–H and O–H groups in total. The maximum Gasteiger partial charge on any atom is 0.320 e. The van der Waals surface area contributed by atoms with Crippen LogP contribution in [0, 0.1) is 11.3 Å². The van der Waals surface area contributed by atoms with Crippen molar-refractivity contribution >= 4 is 23.6 Å². The molecule has 1 spiro atoms. The minimum atomic E-state index is 0.0299. The molecule has 132 valence electrons. The minimum absolute atomic E-state index is 0.0299. The first-order chi connectivity index (χ1) is 12.0. The number of amides is 2. The van der Waals surface area contributed by atoms with Crippen LogP contribution in [-0.2, 0) is 0 Å². The number of nitriles is 1. The van der Waals surface area contributed by atoms with Crippen LogP contribution in [0.25, 0.3) is 0 Å². The van der Waals surface area contributed by atoms with Crippen LogP contribution in [0.15, 0.2) is 0 Å². The fraction of sp³-hybridized carbons (Fsp3) is 0.688. The molecule has 3 fully saturated rings. The lowest BCUT2D eigenvalue weighted by Gasteiger charge is -2.43. The van der Waals surface area contributed by atoms with E-state index in [4.69, 9.17) is 16.9 Å². The molecule has 0 aromatic carbocycles. The number of likely N-dealkylation sites (N-methyl/N-ethyl adjacent to an activating group) is 1. The molecule has 0 bridgehead atoms. The second kappa shape index (κ2) is 5.99. The van der Waals surface area contributed by atoms with Crippen molar-refractivity contribution in [3.05, 3.63) is 10.8 Å². The number of rotatable bonds is 2. The lowest BCUT2D eigenvalue weighted by atomic mass is 9.76. The summed E-state index contributed by atoms with van der Waals surface area (Å²) in [5.74, 6) is 0.423. The van der Waals surface area contributed by atoms with Gasteiger partial charge < -0.3 is 14.7 Å². The summed E-state index contributed by atoms with van der Waals surface area (Å²) >= 11 is 5.98. The lowest BCUT2D eigenvalue weighted by Crippen LogP contribution is -2.51. The van der Waals surface area contributed by atoms with E-state index in [1.807, 2.05) is 27.8 Å². The van der Waals surface area contributed by atoms with Crippen LogP contribution in [0.4, 0.5) is 10.7 Å². The summed E-state index contributed by atoms with van der Waals surface area (Å²) in [6.45, 7) is 2.27. The molecule has 3 aliphatic rings. The fourth-order valence-corrected chi connectivity index (χ4v) is 4.30. The van der Waals surface area contributed by atoms with E-state index in [0.29, 0.717) is 12.5 Å². The van der Waals surface area contributed by atoms with Crippen molar-refractivity contribution in [3.63, 3.8) is 0 Å². The van der Waals surface area contributed by atoms with Crippen LogP contribution in [0.1, 0.15) is 37.8 Å². The van der Waals surface area contributed by atoms with Gasteiger partial charge in [-0.2, -0.15) is 10.2 Å². The van der Waals surface area contributed by atoms with Gasteiger partial charge >= 0.3 is 6.03 Å². The normalized spacial score (nSPS) is 25.2. The molecule has 9 heteroatoms. The molecule has 25 heavy (non-hydrogen) atoms. The average molecular weight is 362 g/mol. The Morgan fingerprint density at radius 3 is 2.72 bits per heavy atom. The third-order valence-electron chi connectivity index (χ3n) is 5.85. The molecule has 2 amide bonds. The first kappa shape index (κ1) is 16.3. The third kappa shape index (κ3) is 2.58. The molecule has 1 unspecified atom stereocenters. The van der Waals surface area contributed by atoms with Gasteiger partial charge in [-0.15, -0.1) is 10.2 Å². The maximum absolute atomic E-state index is 12.7. The van der Waals surface area contributed by atoms with Crippen molar-refractivity contribution < 1.29 is 4.79 Å². The molecular formula is C16H20ClN7O. The number of carbonyl (C=O) groups is 1. The predicted molar refractivity (Wildman–Crippen MR) is 91.2 cm³/mol. The summed E-state index contributed by atoms with van der Waals surface area (Å²) in [5.41, 5.74) is 0.0806. The van der Waals surface area contributed by atoms with Crippen molar-refractivity contribution in [1.82, 2.24) is 25.0 Å². The number of carbonyl (C=O) groups excluding carboxylic acids is 1. The van der Waals surface area contributed by atoms with Gasteiger partial charge in [0.05, 0.1) is 11.6 Å². The van der Waals surface area contributed by atoms with Crippen LogP contribution >= 0.6 is 11.6 Å². The predicted octanol–water partition coefficient (Wildman–Crippen LogP) is 1.66. The molecule has 1 aromatic rings. The Morgan fingerprint density at radius 2 is 2.12 bits per heavy atom. The smallest absolute Gasteiger partial charge is 0.320 e. The van der Waals surface area contributed by atoms with Crippen LogP contribution < -0.4 is 4.90 Å². The molecule has 1 saturated carbocycles. The first-order valence-corrected chi connectivity index (χ1v) is 9.01. The Bertz CT molecular complexity index is 744. The number of nitrogens with zero attached hydrogens (tertiary/aromatic N) is 7. The van der Waals surface area contributed by atoms with Crippen LogP contribution in [-0.4, -0.2) is 69.3 Å². The van der Waals surface area contributed by atoms with E-state index < -0.39 is 0 Å². The summed E-state index contributed by atoms with van der Waals surface area (Å²) < 4.78 is 0. The third-order valence-corrected chi connectivity index (χ3v) is 6.12. The van der Waals surface area contributed by atoms with Gasteiger partial charge in [0.2, 0.25) is 5.95 Å². The lowest BCUT2D eigenvalue weighted by molar-refractivity contribution is 0.104. The molecule has 1 atom stereocenters. The van der Waals surface area contributed by atoms with E-state index in [1.165, 1.54) is 6.42 Å². The van der Waals surface area contributed by atoms with Gasteiger partial charge in [-0.3, -0.25) is 0 Å². The Labute approximate surface area is 151 Å². The van der Waals surface area contributed by atoms with Gasteiger partial charge in [-0.05, 0) is 32.1 Å². The number of piperidine rings is 1. The van der Waals surface area contributed by atoms with E-state index in [0.717, 1.165) is 38.8 Å². The van der Waals surface area contributed by atoms with Gasteiger partial charge in [-0.1, -0.05) is 11.6 Å². The largest absolute Gasteiger partial charge is 0.337 e. The molecule has 0 radical (unpaired) electrons. The fourth-order valence-electron chi connectivity index (χ4n) is 4.14. The zero-order valence-electron chi connectivity index (χ0n) is 14.2.